The van der Waals surface area contributed by atoms with Crippen molar-refractivity contribution in [3.63, 3.8) is 0 Å². The second-order valence-electron chi connectivity index (χ2n) is 4.60. The van der Waals surface area contributed by atoms with Gasteiger partial charge < -0.3 is 5.73 Å². The molecule has 2 N–H and O–H groups in total. The van der Waals surface area contributed by atoms with Crippen LogP contribution in [0.2, 0.25) is 0 Å². The van der Waals surface area contributed by atoms with E-state index < -0.39 is 0 Å². The van der Waals surface area contributed by atoms with Crippen molar-refractivity contribution in [2.24, 2.45) is 0 Å². The van der Waals surface area contributed by atoms with E-state index in [-0.39, 0.29) is 5.82 Å². The van der Waals surface area contributed by atoms with Crippen molar-refractivity contribution in [1.82, 2.24) is 14.5 Å². The van der Waals surface area contributed by atoms with Crippen molar-refractivity contribution >= 4 is 39.4 Å². The summed E-state index contributed by atoms with van der Waals surface area (Å²) in [4.78, 5) is 8.38. The number of nitrogen functional groups attached to an aromatic ring is 1. The van der Waals surface area contributed by atoms with Gasteiger partial charge in [0.2, 0.25) is 0 Å². The van der Waals surface area contributed by atoms with Crippen molar-refractivity contribution in [2.45, 2.75) is 13.8 Å². The van der Waals surface area contributed by atoms with Gasteiger partial charge in [-0.25, -0.2) is 14.4 Å². The van der Waals surface area contributed by atoms with Crippen molar-refractivity contribution in [2.75, 3.05) is 5.73 Å². The second-order valence-corrected chi connectivity index (χ2v) is 5.76. The smallest absolute Gasteiger partial charge is 0.150 e. The fraction of sp³-hybridized carbons (Fsp3) is 0.143. The molecule has 0 amide bonds. The number of benzene rings is 1. The molecular weight excluding hydrogens is 370 g/mol. The summed E-state index contributed by atoms with van der Waals surface area (Å²) in [5, 5.41) is 0.852. The molecule has 6 heteroatoms. The number of anilines is 1. The lowest BCUT2D eigenvalue weighted by Gasteiger charge is -2.10. The van der Waals surface area contributed by atoms with E-state index in [1.165, 1.54) is 18.5 Å². The largest absolute Gasteiger partial charge is 0.383 e. The highest BCUT2D eigenvalue weighted by atomic mass is 127. The Morgan fingerprint density at radius 1 is 1.25 bits per heavy atom. The highest BCUT2D eigenvalue weighted by Gasteiger charge is 2.17. The normalized spacial score (nSPS) is 11.2. The molecule has 102 valence electrons. The summed E-state index contributed by atoms with van der Waals surface area (Å²) in [6.45, 7) is 3.99. The summed E-state index contributed by atoms with van der Waals surface area (Å²) in [5.74, 6) is 0.213. The maximum absolute atomic E-state index is 13.3. The van der Waals surface area contributed by atoms with E-state index >= 15 is 0 Å². The zero-order chi connectivity index (χ0) is 14.4. The lowest BCUT2D eigenvalue weighted by atomic mass is 10.2. The van der Waals surface area contributed by atoms with Gasteiger partial charge in [-0.1, -0.05) is 0 Å². The fourth-order valence-electron chi connectivity index (χ4n) is 2.38. The van der Waals surface area contributed by atoms with Crippen molar-refractivity contribution < 1.29 is 4.39 Å². The zero-order valence-corrected chi connectivity index (χ0v) is 13.1. The molecule has 2 aromatic heterocycles. The van der Waals surface area contributed by atoms with Crippen LogP contribution in [0.25, 0.3) is 16.7 Å². The molecule has 0 saturated heterocycles. The minimum atomic E-state index is -0.252. The first kappa shape index (κ1) is 13.3. The Kier molecular flexibility index (Phi) is 3.12. The minimum Gasteiger partial charge on any atom is -0.383 e. The van der Waals surface area contributed by atoms with Crippen molar-refractivity contribution in [1.29, 1.82) is 0 Å². The van der Waals surface area contributed by atoms with Crippen LogP contribution in [-0.4, -0.2) is 14.5 Å². The number of nitrogens with two attached hydrogens (primary N) is 1. The first-order valence-corrected chi connectivity index (χ1v) is 7.12. The molecule has 4 nitrogen and oxygen atoms in total. The Labute approximate surface area is 129 Å². The first-order valence-electron chi connectivity index (χ1n) is 6.04. The number of halogens is 2. The van der Waals surface area contributed by atoms with Gasteiger partial charge in [0.25, 0.3) is 0 Å². The molecule has 3 aromatic rings. The van der Waals surface area contributed by atoms with Gasteiger partial charge in [0.15, 0.2) is 5.65 Å². The Balaban J connectivity index is 2.42. The summed E-state index contributed by atoms with van der Waals surface area (Å²) in [6, 6.07) is 4.70. The van der Waals surface area contributed by atoms with Crippen molar-refractivity contribution in [3.05, 3.63) is 45.2 Å². The number of nitrogens with zero attached hydrogens (tertiary/aromatic N) is 3. The van der Waals surface area contributed by atoms with Crippen LogP contribution in [-0.2, 0) is 0 Å². The molecule has 20 heavy (non-hydrogen) atoms. The van der Waals surface area contributed by atoms with Crippen LogP contribution >= 0.6 is 22.6 Å². The van der Waals surface area contributed by atoms with Crippen molar-refractivity contribution in [3.8, 4) is 5.69 Å². The van der Waals surface area contributed by atoms with Crippen LogP contribution in [0, 0.1) is 23.2 Å². The molecule has 1 aromatic carbocycles. The Morgan fingerprint density at radius 3 is 2.70 bits per heavy atom. The van der Waals surface area contributed by atoms with Gasteiger partial charge in [0.05, 0.1) is 11.1 Å². The standard InChI is InChI=1S/C14H12FIN4/c1-7-8(2)20(11-4-3-9(15)5-10(11)16)14-12(7)13(17)18-6-19-14/h3-6H,1-2H3,(H2,17,18,19). The second kappa shape index (κ2) is 4.69. The lowest BCUT2D eigenvalue weighted by Crippen LogP contribution is -2.01. The molecule has 0 aliphatic carbocycles. The predicted molar refractivity (Wildman–Crippen MR) is 85.4 cm³/mol. The molecular formula is C14H12FIN4. The van der Waals surface area contributed by atoms with Crippen LogP contribution in [0.5, 0.6) is 0 Å². The zero-order valence-electron chi connectivity index (χ0n) is 11.0. The van der Waals surface area contributed by atoms with E-state index in [1.54, 1.807) is 6.07 Å². The van der Waals surface area contributed by atoms with Gasteiger partial charge >= 0.3 is 0 Å². The highest BCUT2D eigenvalue weighted by molar-refractivity contribution is 14.1. The molecule has 0 bridgehead atoms. The summed E-state index contributed by atoms with van der Waals surface area (Å²) in [7, 11) is 0. The van der Waals surface area contributed by atoms with Gasteiger partial charge in [-0.05, 0) is 60.2 Å². The summed E-state index contributed by atoms with van der Waals surface area (Å²) >= 11 is 2.12. The summed E-state index contributed by atoms with van der Waals surface area (Å²) in [6.07, 6.45) is 1.45. The molecule has 3 rings (SSSR count). The van der Waals surface area contributed by atoms with Crippen LogP contribution in [0.1, 0.15) is 11.3 Å². The fourth-order valence-corrected chi connectivity index (χ4v) is 3.10. The molecule has 0 unspecified atom stereocenters. The highest BCUT2D eigenvalue weighted by Crippen LogP contribution is 2.31. The van der Waals surface area contributed by atoms with E-state index in [9.17, 15) is 4.39 Å². The predicted octanol–water partition coefficient (Wildman–Crippen LogP) is 3.36. The van der Waals surface area contributed by atoms with Gasteiger partial charge in [-0.3, -0.25) is 4.57 Å². The topological polar surface area (TPSA) is 56.7 Å². The average Bonchev–Trinajstić information content (AvgIpc) is 2.64. The molecule has 2 heterocycles. The van der Waals surface area contributed by atoms with E-state index in [1.807, 2.05) is 18.4 Å². The third kappa shape index (κ3) is 1.86. The molecule has 0 spiro atoms. The van der Waals surface area contributed by atoms with E-state index in [4.69, 9.17) is 5.73 Å². The number of fused-ring (bicyclic) bond motifs is 1. The van der Waals surface area contributed by atoms with Gasteiger partial charge in [0.1, 0.15) is 18.0 Å². The average molecular weight is 382 g/mol. The number of aromatic nitrogens is 3. The van der Waals surface area contributed by atoms with Crippen LogP contribution in [0.3, 0.4) is 0 Å². The van der Waals surface area contributed by atoms with Gasteiger partial charge in [-0.2, -0.15) is 0 Å². The first-order chi connectivity index (χ1) is 9.50. The molecule has 0 fully saturated rings. The number of hydrogen-bond acceptors (Lipinski definition) is 3. The molecule has 0 aliphatic heterocycles. The summed E-state index contributed by atoms with van der Waals surface area (Å²) < 4.78 is 16.1. The summed E-state index contributed by atoms with van der Waals surface area (Å²) in [5.41, 5.74) is 9.65. The van der Waals surface area contributed by atoms with Gasteiger partial charge in [0, 0.05) is 9.26 Å². The van der Waals surface area contributed by atoms with Crippen LogP contribution in [0.15, 0.2) is 24.5 Å². The molecule has 0 saturated carbocycles. The molecule has 0 radical (unpaired) electrons. The molecule has 0 aliphatic rings. The lowest BCUT2D eigenvalue weighted by molar-refractivity contribution is 0.626. The monoisotopic (exact) mass is 382 g/mol. The van der Waals surface area contributed by atoms with Crippen LogP contribution < -0.4 is 5.73 Å². The maximum Gasteiger partial charge on any atom is 0.150 e. The quantitative estimate of drug-likeness (QED) is 0.657. The Morgan fingerprint density at radius 2 is 2.00 bits per heavy atom. The Hall–Kier alpha value is -1.70. The number of rotatable bonds is 1. The third-order valence-electron chi connectivity index (χ3n) is 3.47. The molecule has 0 atom stereocenters. The van der Waals surface area contributed by atoms with E-state index in [0.29, 0.717) is 5.82 Å². The van der Waals surface area contributed by atoms with E-state index in [2.05, 4.69) is 32.6 Å². The maximum atomic E-state index is 13.3. The van der Waals surface area contributed by atoms with Gasteiger partial charge in [-0.15, -0.1) is 0 Å². The van der Waals surface area contributed by atoms with E-state index in [0.717, 1.165) is 31.5 Å². The number of hydrogen-bond donors (Lipinski definition) is 1. The van der Waals surface area contributed by atoms with Crippen LogP contribution in [0.4, 0.5) is 10.2 Å². The third-order valence-corrected chi connectivity index (χ3v) is 4.34. The minimum absolute atomic E-state index is 0.252. The Bertz CT molecular complexity index is 826. The number of aryl methyl sites for hydroxylation is 1. The SMILES string of the molecule is Cc1c(C)n(-c2ccc(F)cc2I)c2ncnc(N)c12.